The second-order valence-corrected chi connectivity index (χ2v) is 5.66. The molecule has 96 valence electrons. The molecule has 1 saturated heterocycles. The first-order valence-corrected chi connectivity index (χ1v) is 6.64. The highest BCUT2D eigenvalue weighted by Crippen LogP contribution is 2.53. The third-order valence-corrected chi connectivity index (χ3v) is 4.80. The standard InChI is InChI=1S/C15H19NO2/c1-11(12-5-3-2-4-6-12)16-9-15(10-17)8-7-13(15)14(16)18/h2-6,11,13,17H,7-10H2,1H3/t11-,13-,15-/m1/s1. The van der Waals surface area contributed by atoms with Crippen LogP contribution in [0.25, 0.3) is 0 Å². The molecule has 0 unspecified atom stereocenters. The summed E-state index contributed by atoms with van der Waals surface area (Å²) in [7, 11) is 0. The van der Waals surface area contributed by atoms with Gasteiger partial charge in [0.15, 0.2) is 0 Å². The molecule has 3 nitrogen and oxygen atoms in total. The largest absolute Gasteiger partial charge is 0.396 e. The van der Waals surface area contributed by atoms with Gasteiger partial charge in [-0.1, -0.05) is 30.3 Å². The van der Waals surface area contributed by atoms with Crippen LogP contribution in [-0.4, -0.2) is 29.1 Å². The fourth-order valence-electron chi connectivity index (χ4n) is 3.37. The second kappa shape index (κ2) is 4.09. The first-order chi connectivity index (χ1) is 8.68. The summed E-state index contributed by atoms with van der Waals surface area (Å²) in [6.45, 7) is 2.92. The highest BCUT2D eigenvalue weighted by Gasteiger charge is 2.58. The zero-order chi connectivity index (χ0) is 12.8. The van der Waals surface area contributed by atoms with E-state index in [1.165, 1.54) is 5.56 Å². The predicted octanol–water partition coefficient (Wildman–Crippen LogP) is 1.98. The van der Waals surface area contributed by atoms with E-state index in [9.17, 15) is 9.90 Å². The van der Waals surface area contributed by atoms with Crippen molar-refractivity contribution in [2.75, 3.05) is 13.2 Å². The molecule has 1 aliphatic carbocycles. The van der Waals surface area contributed by atoms with E-state index in [1.807, 2.05) is 23.1 Å². The van der Waals surface area contributed by atoms with E-state index in [2.05, 4.69) is 19.1 Å². The third-order valence-electron chi connectivity index (χ3n) is 4.80. The van der Waals surface area contributed by atoms with Crippen molar-refractivity contribution in [3.05, 3.63) is 35.9 Å². The average Bonchev–Trinajstić information content (AvgIpc) is 2.57. The van der Waals surface area contributed by atoms with Gasteiger partial charge in [0.25, 0.3) is 0 Å². The number of amides is 1. The Bertz CT molecular complexity index is 455. The van der Waals surface area contributed by atoms with Gasteiger partial charge in [-0.3, -0.25) is 4.79 Å². The molecular formula is C15H19NO2. The van der Waals surface area contributed by atoms with Crippen molar-refractivity contribution >= 4 is 5.91 Å². The van der Waals surface area contributed by atoms with Crippen LogP contribution in [0.3, 0.4) is 0 Å². The molecule has 1 heterocycles. The zero-order valence-corrected chi connectivity index (χ0v) is 10.7. The lowest BCUT2D eigenvalue weighted by Crippen LogP contribution is -2.43. The van der Waals surface area contributed by atoms with Crippen LogP contribution in [0.1, 0.15) is 31.4 Å². The van der Waals surface area contributed by atoms with Crippen LogP contribution >= 0.6 is 0 Å². The van der Waals surface area contributed by atoms with E-state index < -0.39 is 0 Å². The maximum absolute atomic E-state index is 12.4. The van der Waals surface area contributed by atoms with E-state index >= 15 is 0 Å². The number of likely N-dealkylation sites (tertiary alicyclic amines) is 1. The van der Waals surface area contributed by atoms with Crippen molar-refractivity contribution in [1.82, 2.24) is 4.90 Å². The van der Waals surface area contributed by atoms with E-state index in [0.717, 1.165) is 12.8 Å². The minimum absolute atomic E-state index is 0.0636. The molecule has 1 amide bonds. The minimum atomic E-state index is -0.139. The summed E-state index contributed by atoms with van der Waals surface area (Å²) in [5, 5.41) is 9.56. The van der Waals surface area contributed by atoms with E-state index in [-0.39, 0.29) is 29.9 Å². The van der Waals surface area contributed by atoms with Crippen molar-refractivity contribution < 1.29 is 9.90 Å². The first-order valence-electron chi connectivity index (χ1n) is 6.64. The molecule has 3 rings (SSSR count). The SMILES string of the molecule is C[C@H](c1ccccc1)N1C[C@@]2(CO)CC[C@@H]2C1=O. The quantitative estimate of drug-likeness (QED) is 0.884. The number of fused-ring (bicyclic) bond motifs is 1. The molecule has 1 aromatic carbocycles. The minimum Gasteiger partial charge on any atom is -0.396 e. The Balaban J connectivity index is 1.84. The maximum Gasteiger partial charge on any atom is 0.226 e. The van der Waals surface area contributed by atoms with E-state index in [1.54, 1.807) is 0 Å². The second-order valence-electron chi connectivity index (χ2n) is 5.66. The Morgan fingerprint density at radius 1 is 1.44 bits per heavy atom. The molecule has 2 fully saturated rings. The van der Waals surface area contributed by atoms with Gasteiger partial charge in [-0.05, 0) is 25.3 Å². The van der Waals surface area contributed by atoms with Gasteiger partial charge in [0, 0.05) is 17.9 Å². The summed E-state index contributed by atoms with van der Waals surface area (Å²) in [5.74, 6) is 0.292. The molecule has 0 radical (unpaired) electrons. The van der Waals surface area contributed by atoms with E-state index in [4.69, 9.17) is 0 Å². The van der Waals surface area contributed by atoms with Crippen LogP contribution in [0.4, 0.5) is 0 Å². The fourth-order valence-corrected chi connectivity index (χ4v) is 3.37. The number of nitrogens with zero attached hydrogens (tertiary/aromatic N) is 1. The Morgan fingerprint density at radius 2 is 2.17 bits per heavy atom. The van der Waals surface area contributed by atoms with Crippen LogP contribution in [0, 0.1) is 11.3 Å². The van der Waals surface area contributed by atoms with Crippen molar-refractivity contribution in [3.63, 3.8) is 0 Å². The molecule has 3 heteroatoms. The first kappa shape index (κ1) is 11.7. The van der Waals surface area contributed by atoms with Crippen LogP contribution < -0.4 is 0 Å². The lowest BCUT2D eigenvalue weighted by atomic mass is 9.62. The molecule has 2 aliphatic rings. The monoisotopic (exact) mass is 245 g/mol. The number of hydrogen-bond acceptors (Lipinski definition) is 2. The molecule has 0 spiro atoms. The van der Waals surface area contributed by atoms with Crippen molar-refractivity contribution in [1.29, 1.82) is 0 Å². The van der Waals surface area contributed by atoms with Crippen molar-refractivity contribution in [2.24, 2.45) is 11.3 Å². The summed E-state index contributed by atoms with van der Waals surface area (Å²) in [5.41, 5.74) is 1.03. The Labute approximate surface area is 107 Å². The molecule has 18 heavy (non-hydrogen) atoms. The zero-order valence-electron chi connectivity index (χ0n) is 10.7. The molecule has 1 aliphatic heterocycles. The Kier molecular flexibility index (Phi) is 2.67. The summed E-state index contributed by atoms with van der Waals surface area (Å²) < 4.78 is 0. The summed E-state index contributed by atoms with van der Waals surface area (Å²) in [4.78, 5) is 14.3. The van der Waals surface area contributed by atoms with Gasteiger partial charge >= 0.3 is 0 Å². The highest BCUT2D eigenvalue weighted by atomic mass is 16.3. The average molecular weight is 245 g/mol. The van der Waals surface area contributed by atoms with Crippen LogP contribution in [0.15, 0.2) is 30.3 Å². The Morgan fingerprint density at radius 3 is 2.67 bits per heavy atom. The number of aliphatic hydroxyl groups is 1. The van der Waals surface area contributed by atoms with Gasteiger partial charge < -0.3 is 10.0 Å². The predicted molar refractivity (Wildman–Crippen MR) is 68.8 cm³/mol. The molecule has 3 atom stereocenters. The van der Waals surface area contributed by atoms with E-state index in [0.29, 0.717) is 6.54 Å². The number of benzene rings is 1. The fraction of sp³-hybridized carbons (Fsp3) is 0.533. The molecular weight excluding hydrogens is 226 g/mol. The number of carbonyl (C=O) groups is 1. The van der Waals surface area contributed by atoms with Gasteiger partial charge in [-0.2, -0.15) is 0 Å². The number of aliphatic hydroxyl groups excluding tert-OH is 1. The van der Waals surface area contributed by atoms with Gasteiger partial charge in [-0.15, -0.1) is 0 Å². The van der Waals surface area contributed by atoms with Crippen molar-refractivity contribution in [3.8, 4) is 0 Å². The number of rotatable bonds is 3. The smallest absolute Gasteiger partial charge is 0.226 e. The third kappa shape index (κ3) is 1.50. The molecule has 1 aromatic rings. The van der Waals surface area contributed by atoms with Crippen LogP contribution in [0.5, 0.6) is 0 Å². The highest BCUT2D eigenvalue weighted by molar-refractivity contribution is 5.84. The normalized spacial score (nSPS) is 32.0. The molecule has 1 saturated carbocycles. The Hall–Kier alpha value is -1.35. The summed E-state index contributed by atoms with van der Waals surface area (Å²) in [6, 6.07) is 10.2. The molecule has 0 bridgehead atoms. The maximum atomic E-state index is 12.4. The van der Waals surface area contributed by atoms with Gasteiger partial charge in [-0.25, -0.2) is 0 Å². The van der Waals surface area contributed by atoms with Gasteiger partial charge in [0.2, 0.25) is 5.91 Å². The lowest BCUT2D eigenvalue weighted by molar-refractivity contribution is -0.136. The summed E-state index contributed by atoms with van der Waals surface area (Å²) in [6.07, 6.45) is 1.93. The van der Waals surface area contributed by atoms with Crippen molar-refractivity contribution in [2.45, 2.75) is 25.8 Å². The molecule has 0 aromatic heterocycles. The van der Waals surface area contributed by atoms with Gasteiger partial charge in [0.05, 0.1) is 12.6 Å². The van der Waals surface area contributed by atoms with Crippen LogP contribution in [-0.2, 0) is 4.79 Å². The number of carbonyl (C=O) groups excluding carboxylic acids is 1. The lowest BCUT2D eigenvalue weighted by Gasteiger charge is -2.40. The summed E-state index contributed by atoms with van der Waals surface area (Å²) >= 11 is 0. The van der Waals surface area contributed by atoms with Gasteiger partial charge in [0.1, 0.15) is 0 Å². The topological polar surface area (TPSA) is 40.5 Å². The molecule has 1 N–H and O–H groups in total. The number of hydrogen-bond donors (Lipinski definition) is 1. The van der Waals surface area contributed by atoms with Crippen LogP contribution in [0.2, 0.25) is 0 Å².